The average molecular weight is 418 g/mol. The van der Waals surface area contributed by atoms with Crippen molar-refractivity contribution in [2.24, 2.45) is 0 Å². The number of likely N-dealkylation sites (tertiary alicyclic amines) is 1. The van der Waals surface area contributed by atoms with E-state index in [-0.39, 0.29) is 29.2 Å². The molecule has 31 heavy (non-hydrogen) atoms. The first kappa shape index (κ1) is 20.3. The molecule has 156 valence electrons. The molecule has 1 amide bonds. The summed E-state index contributed by atoms with van der Waals surface area (Å²) < 4.78 is 13.7. The minimum Gasteiger partial charge on any atom is -0.508 e. The molecule has 1 unspecified atom stereocenters. The van der Waals surface area contributed by atoms with E-state index in [9.17, 15) is 24.2 Å². The molecular formula is C24H19FN2O4. The number of carbonyl (C=O) groups excluding carboxylic acids is 2. The number of carbonyl (C=O) groups is 2. The summed E-state index contributed by atoms with van der Waals surface area (Å²) in [6.45, 7) is 1.60. The number of phenolic OH excluding ortho intramolecular Hbond substituents is 1. The van der Waals surface area contributed by atoms with Crippen LogP contribution < -0.4 is 0 Å². The number of pyridine rings is 1. The number of aromatic nitrogens is 1. The molecule has 7 heteroatoms. The van der Waals surface area contributed by atoms with Crippen molar-refractivity contribution in [1.29, 1.82) is 0 Å². The molecule has 1 atom stereocenters. The molecule has 1 aliphatic rings. The molecule has 0 spiro atoms. The zero-order chi connectivity index (χ0) is 22.1. The van der Waals surface area contributed by atoms with Gasteiger partial charge in [0, 0.05) is 11.8 Å². The highest BCUT2D eigenvalue weighted by molar-refractivity contribution is 6.46. The lowest BCUT2D eigenvalue weighted by molar-refractivity contribution is -0.140. The summed E-state index contributed by atoms with van der Waals surface area (Å²) in [5.74, 6) is -2.41. The van der Waals surface area contributed by atoms with Crippen LogP contribution in [-0.4, -0.2) is 31.8 Å². The number of hydrogen-bond donors (Lipinski definition) is 2. The lowest BCUT2D eigenvalue weighted by atomic mass is 9.94. The maximum Gasteiger partial charge on any atom is 0.296 e. The highest BCUT2D eigenvalue weighted by atomic mass is 19.1. The smallest absolute Gasteiger partial charge is 0.296 e. The number of aryl methyl sites for hydroxylation is 1. The zero-order valence-corrected chi connectivity index (χ0v) is 16.6. The van der Waals surface area contributed by atoms with Gasteiger partial charge in [-0.2, -0.15) is 0 Å². The largest absolute Gasteiger partial charge is 0.508 e. The van der Waals surface area contributed by atoms with Crippen molar-refractivity contribution >= 4 is 17.4 Å². The van der Waals surface area contributed by atoms with Crippen LogP contribution >= 0.6 is 0 Å². The van der Waals surface area contributed by atoms with Crippen LogP contribution in [0, 0.1) is 12.7 Å². The molecule has 3 aromatic rings. The molecule has 4 rings (SSSR count). The van der Waals surface area contributed by atoms with Gasteiger partial charge in [0.1, 0.15) is 17.3 Å². The third kappa shape index (κ3) is 3.77. The number of ketones is 1. The van der Waals surface area contributed by atoms with Crippen molar-refractivity contribution in [3.05, 3.63) is 101 Å². The number of aromatic hydroxyl groups is 1. The van der Waals surface area contributed by atoms with Crippen molar-refractivity contribution in [2.45, 2.75) is 19.5 Å². The third-order valence-corrected chi connectivity index (χ3v) is 5.24. The lowest BCUT2D eigenvalue weighted by Gasteiger charge is -2.25. The number of Topliss-reactive ketones (excluding diaryl/α,β-unsaturated/α-hetero) is 1. The van der Waals surface area contributed by atoms with Crippen LogP contribution in [0.1, 0.15) is 28.4 Å². The van der Waals surface area contributed by atoms with Gasteiger partial charge in [-0.05, 0) is 60.5 Å². The van der Waals surface area contributed by atoms with Gasteiger partial charge in [-0.3, -0.25) is 14.6 Å². The predicted octanol–water partition coefficient (Wildman–Crippen LogP) is 3.86. The minimum absolute atomic E-state index is 0.0274. The van der Waals surface area contributed by atoms with Crippen LogP contribution in [0.3, 0.4) is 0 Å². The van der Waals surface area contributed by atoms with Crippen molar-refractivity contribution in [3.8, 4) is 5.75 Å². The second-order valence-electron chi connectivity index (χ2n) is 7.30. The van der Waals surface area contributed by atoms with E-state index < -0.39 is 23.5 Å². The van der Waals surface area contributed by atoms with E-state index >= 15 is 0 Å². The topological polar surface area (TPSA) is 90.7 Å². The first-order chi connectivity index (χ1) is 14.9. The summed E-state index contributed by atoms with van der Waals surface area (Å²) in [7, 11) is 0. The normalized spacial score (nSPS) is 17.9. The van der Waals surface area contributed by atoms with E-state index in [0.717, 1.165) is 0 Å². The Kier molecular flexibility index (Phi) is 5.25. The van der Waals surface area contributed by atoms with Gasteiger partial charge in [0.05, 0.1) is 23.9 Å². The molecular weight excluding hydrogens is 399 g/mol. The van der Waals surface area contributed by atoms with E-state index in [4.69, 9.17) is 0 Å². The standard InChI is InChI=1S/C24H19FN2O4/c1-14-12-16(7-10-19(14)25)22(29)20-21(15-5-8-18(28)9-6-15)27(24(31)23(20)30)13-17-4-2-3-11-26-17/h2-12,21,28-29H,13H2,1H3/b22-20-. The second kappa shape index (κ2) is 8.02. The van der Waals surface area contributed by atoms with Crippen LogP contribution in [0.2, 0.25) is 0 Å². The number of nitrogens with zero attached hydrogens (tertiary/aromatic N) is 2. The Hall–Kier alpha value is -4.00. The summed E-state index contributed by atoms with van der Waals surface area (Å²) in [4.78, 5) is 31.5. The van der Waals surface area contributed by atoms with Crippen molar-refractivity contribution < 1.29 is 24.2 Å². The fraction of sp³-hybridized carbons (Fsp3) is 0.125. The van der Waals surface area contributed by atoms with Crippen molar-refractivity contribution in [2.75, 3.05) is 0 Å². The number of rotatable bonds is 4. The summed E-state index contributed by atoms with van der Waals surface area (Å²) >= 11 is 0. The molecule has 2 aromatic carbocycles. The minimum atomic E-state index is -0.895. The maximum atomic E-state index is 13.7. The van der Waals surface area contributed by atoms with E-state index in [1.165, 1.54) is 35.2 Å². The molecule has 1 aliphatic heterocycles. The Morgan fingerprint density at radius 1 is 1.10 bits per heavy atom. The summed E-state index contributed by atoms with van der Waals surface area (Å²) in [5, 5.41) is 20.6. The van der Waals surface area contributed by atoms with Crippen LogP contribution in [0.25, 0.3) is 5.76 Å². The van der Waals surface area contributed by atoms with Gasteiger partial charge in [0.15, 0.2) is 0 Å². The van der Waals surface area contributed by atoms with Gasteiger partial charge in [-0.15, -0.1) is 0 Å². The van der Waals surface area contributed by atoms with Gasteiger partial charge in [-0.25, -0.2) is 4.39 Å². The first-order valence-electron chi connectivity index (χ1n) is 9.60. The third-order valence-electron chi connectivity index (χ3n) is 5.24. The number of amides is 1. The van der Waals surface area contributed by atoms with Gasteiger partial charge in [0.2, 0.25) is 0 Å². The molecule has 0 aliphatic carbocycles. The zero-order valence-electron chi connectivity index (χ0n) is 16.6. The fourth-order valence-electron chi connectivity index (χ4n) is 3.66. The summed E-state index contributed by atoms with van der Waals surface area (Å²) in [6.07, 6.45) is 1.59. The fourth-order valence-corrected chi connectivity index (χ4v) is 3.66. The molecule has 1 aromatic heterocycles. The van der Waals surface area contributed by atoms with Gasteiger partial charge in [-0.1, -0.05) is 18.2 Å². The molecule has 1 saturated heterocycles. The number of aliphatic hydroxyl groups excluding tert-OH is 1. The molecule has 2 heterocycles. The highest BCUT2D eigenvalue weighted by Gasteiger charge is 2.46. The summed E-state index contributed by atoms with van der Waals surface area (Å²) in [6, 6.07) is 14.4. The molecule has 0 bridgehead atoms. The van der Waals surface area contributed by atoms with Crippen molar-refractivity contribution in [1.82, 2.24) is 9.88 Å². The lowest BCUT2D eigenvalue weighted by Crippen LogP contribution is -2.29. The summed E-state index contributed by atoms with van der Waals surface area (Å²) in [5.41, 5.74) is 1.54. The van der Waals surface area contributed by atoms with Crippen LogP contribution in [0.5, 0.6) is 5.75 Å². The first-order valence-corrected chi connectivity index (χ1v) is 9.60. The van der Waals surface area contributed by atoms with E-state index in [2.05, 4.69) is 4.98 Å². The monoisotopic (exact) mass is 418 g/mol. The van der Waals surface area contributed by atoms with Crippen LogP contribution in [0.4, 0.5) is 4.39 Å². The highest BCUT2D eigenvalue weighted by Crippen LogP contribution is 2.40. The number of halogens is 1. The predicted molar refractivity (Wildman–Crippen MR) is 111 cm³/mol. The van der Waals surface area contributed by atoms with E-state index in [1.54, 1.807) is 43.5 Å². The van der Waals surface area contributed by atoms with Crippen LogP contribution in [-0.2, 0) is 16.1 Å². The Bertz CT molecular complexity index is 1190. The Balaban J connectivity index is 1.87. The van der Waals surface area contributed by atoms with E-state index in [1.807, 2.05) is 0 Å². The van der Waals surface area contributed by atoms with Crippen molar-refractivity contribution in [3.63, 3.8) is 0 Å². The maximum absolute atomic E-state index is 13.7. The molecule has 1 fully saturated rings. The van der Waals surface area contributed by atoms with Gasteiger partial charge in [0.25, 0.3) is 11.7 Å². The van der Waals surface area contributed by atoms with Gasteiger partial charge < -0.3 is 15.1 Å². The molecule has 0 radical (unpaired) electrons. The quantitative estimate of drug-likeness (QED) is 0.382. The number of aliphatic hydroxyl groups is 1. The number of phenols is 1. The number of hydrogen-bond acceptors (Lipinski definition) is 5. The molecule has 6 nitrogen and oxygen atoms in total. The molecule has 0 saturated carbocycles. The van der Waals surface area contributed by atoms with Crippen LogP contribution in [0.15, 0.2) is 72.4 Å². The van der Waals surface area contributed by atoms with E-state index in [0.29, 0.717) is 16.8 Å². The SMILES string of the molecule is Cc1cc(/C(O)=C2/C(=O)C(=O)N(Cc3ccccn3)C2c2ccc(O)cc2)ccc1F. The second-order valence-corrected chi connectivity index (χ2v) is 7.30. The number of benzene rings is 2. The Morgan fingerprint density at radius 2 is 1.84 bits per heavy atom. The Morgan fingerprint density at radius 3 is 2.48 bits per heavy atom. The van der Waals surface area contributed by atoms with Gasteiger partial charge >= 0.3 is 0 Å². The average Bonchev–Trinajstić information content (AvgIpc) is 3.01. The molecule has 2 N–H and O–H groups in total. The Labute approximate surface area is 177 Å².